The lowest BCUT2D eigenvalue weighted by Gasteiger charge is -2.17. The number of anilines is 2. The summed E-state index contributed by atoms with van der Waals surface area (Å²) >= 11 is 0. The highest BCUT2D eigenvalue weighted by Gasteiger charge is 2.17. The molecule has 2 aromatic carbocycles. The molecule has 0 saturated carbocycles. The maximum absolute atomic E-state index is 12.5. The number of nitrogens with one attached hydrogen (secondary N) is 2. The number of hydrogen-bond donors (Lipinski definition) is 2. The van der Waals surface area contributed by atoms with E-state index in [0.29, 0.717) is 29.1 Å². The number of para-hydroxylation sites is 1. The number of hydrogen-bond acceptors (Lipinski definition) is 4. The molecule has 2 amide bonds. The van der Waals surface area contributed by atoms with Gasteiger partial charge in [0.15, 0.2) is 6.10 Å². The van der Waals surface area contributed by atoms with Crippen LogP contribution in [0.15, 0.2) is 42.5 Å². The van der Waals surface area contributed by atoms with Gasteiger partial charge in [0.05, 0.1) is 5.56 Å². The van der Waals surface area contributed by atoms with Gasteiger partial charge in [0, 0.05) is 17.8 Å². The molecule has 0 spiro atoms. The molecule has 6 heteroatoms. The lowest BCUT2D eigenvalue weighted by Crippen LogP contribution is -2.30. The van der Waals surface area contributed by atoms with Gasteiger partial charge in [-0.1, -0.05) is 25.1 Å². The maximum atomic E-state index is 12.5. The third-order valence-electron chi connectivity index (χ3n) is 3.78. The van der Waals surface area contributed by atoms with E-state index in [1.54, 1.807) is 50.2 Å². The Labute approximate surface area is 152 Å². The summed E-state index contributed by atoms with van der Waals surface area (Å²) in [5.41, 5.74) is 2.43. The number of rotatable bonds is 6. The predicted molar refractivity (Wildman–Crippen MR) is 100.0 cm³/mol. The molecule has 1 atom stereocenters. The smallest absolute Gasteiger partial charge is 0.265 e. The van der Waals surface area contributed by atoms with Crippen LogP contribution >= 0.6 is 0 Å². The van der Waals surface area contributed by atoms with Crippen LogP contribution in [-0.4, -0.2) is 17.9 Å². The molecule has 0 saturated heterocycles. The van der Waals surface area contributed by atoms with Crippen molar-refractivity contribution in [1.82, 2.24) is 0 Å². The molecule has 0 aliphatic heterocycles. The van der Waals surface area contributed by atoms with Crippen LogP contribution in [0.1, 0.15) is 31.4 Å². The molecule has 134 valence electrons. The highest BCUT2D eigenvalue weighted by atomic mass is 16.5. The van der Waals surface area contributed by atoms with Gasteiger partial charge in [0.25, 0.3) is 5.91 Å². The van der Waals surface area contributed by atoms with Gasteiger partial charge < -0.3 is 15.4 Å². The topological polar surface area (TPSA) is 91.2 Å². The first-order valence-electron chi connectivity index (χ1n) is 8.31. The molecule has 1 unspecified atom stereocenters. The van der Waals surface area contributed by atoms with Crippen LogP contribution in [0.3, 0.4) is 0 Å². The first-order chi connectivity index (χ1) is 12.4. The highest BCUT2D eigenvalue weighted by Crippen LogP contribution is 2.22. The van der Waals surface area contributed by atoms with E-state index in [9.17, 15) is 9.59 Å². The lowest BCUT2D eigenvalue weighted by molar-refractivity contribution is -0.122. The zero-order valence-corrected chi connectivity index (χ0v) is 15.0. The number of amides is 2. The van der Waals surface area contributed by atoms with Crippen LogP contribution < -0.4 is 15.4 Å². The minimum atomic E-state index is -0.794. The lowest BCUT2D eigenvalue weighted by atomic mass is 10.1. The number of nitriles is 1. The molecule has 2 N–H and O–H groups in total. The second-order valence-electron chi connectivity index (χ2n) is 5.79. The Kier molecular flexibility index (Phi) is 6.34. The summed E-state index contributed by atoms with van der Waals surface area (Å²) in [7, 11) is 0. The zero-order valence-electron chi connectivity index (χ0n) is 15.0. The Morgan fingerprint density at radius 2 is 1.92 bits per heavy atom. The number of carbonyl (C=O) groups excluding carboxylic acids is 2. The van der Waals surface area contributed by atoms with Crippen molar-refractivity contribution in [2.45, 2.75) is 33.3 Å². The second-order valence-corrected chi connectivity index (χ2v) is 5.79. The van der Waals surface area contributed by atoms with Gasteiger partial charge in [-0.3, -0.25) is 9.59 Å². The minimum absolute atomic E-state index is 0.101. The summed E-state index contributed by atoms with van der Waals surface area (Å²) in [6.45, 7) is 5.24. The third kappa shape index (κ3) is 4.84. The Bertz CT molecular complexity index is 856. The number of benzene rings is 2. The van der Waals surface area contributed by atoms with Gasteiger partial charge >= 0.3 is 0 Å². The van der Waals surface area contributed by atoms with Crippen molar-refractivity contribution < 1.29 is 14.3 Å². The van der Waals surface area contributed by atoms with Crippen LogP contribution in [0, 0.1) is 18.3 Å². The van der Waals surface area contributed by atoms with Gasteiger partial charge in [-0.05, 0) is 43.7 Å². The number of aryl methyl sites for hydroxylation is 1. The monoisotopic (exact) mass is 351 g/mol. The Morgan fingerprint density at radius 1 is 1.19 bits per heavy atom. The Hall–Kier alpha value is -3.33. The Morgan fingerprint density at radius 3 is 2.62 bits per heavy atom. The van der Waals surface area contributed by atoms with E-state index in [0.717, 1.165) is 5.56 Å². The van der Waals surface area contributed by atoms with Gasteiger partial charge in [-0.25, -0.2) is 0 Å². The molecule has 2 aromatic rings. The van der Waals surface area contributed by atoms with E-state index < -0.39 is 6.10 Å². The minimum Gasteiger partial charge on any atom is -0.480 e. The van der Waals surface area contributed by atoms with Crippen LogP contribution in [-0.2, 0) is 9.59 Å². The molecular weight excluding hydrogens is 330 g/mol. The first-order valence-corrected chi connectivity index (χ1v) is 8.31. The fourth-order valence-corrected chi connectivity index (χ4v) is 2.22. The van der Waals surface area contributed by atoms with Crippen molar-refractivity contribution in [3.8, 4) is 11.8 Å². The summed E-state index contributed by atoms with van der Waals surface area (Å²) < 4.78 is 5.62. The van der Waals surface area contributed by atoms with Crippen LogP contribution in [0.5, 0.6) is 5.75 Å². The molecule has 0 heterocycles. The van der Waals surface area contributed by atoms with Crippen molar-refractivity contribution in [2.75, 3.05) is 10.6 Å². The maximum Gasteiger partial charge on any atom is 0.265 e. The van der Waals surface area contributed by atoms with Crippen molar-refractivity contribution in [3.63, 3.8) is 0 Å². The molecule has 0 bridgehead atoms. The number of nitrogens with zero attached hydrogens (tertiary/aromatic N) is 1. The predicted octanol–water partition coefficient (Wildman–Crippen LogP) is 3.62. The van der Waals surface area contributed by atoms with Gasteiger partial charge in [0.1, 0.15) is 11.8 Å². The van der Waals surface area contributed by atoms with Gasteiger partial charge in [-0.2, -0.15) is 5.26 Å². The Balaban J connectivity index is 2.10. The molecule has 2 rings (SSSR count). The molecule has 0 radical (unpaired) electrons. The van der Waals surface area contributed by atoms with Crippen molar-refractivity contribution in [1.29, 1.82) is 5.26 Å². The normalized spacial score (nSPS) is 11.2. The van der Waals surface area contributed by atoms with E-state index in [-0.39, 0.29) is 11.8 Å². The molecule has 0 aliphatic rings. The number of carbonyl (C=O) groups is 2. The molecule has 6 nitrogen and oxygen atoms in total. The zero-order chi connectivity index (χ0) is 19.1. The molecule has 0 aromatic heterocycles. The summed E-state index contributed by atoms with van der Waals surface area (Å²) in [5.74, 6) is -0.0888. The number of ether oxygens (including phenoxy) is 1. The van der Waals surface area contributed by atoms with E-state index in [2.05, 4.69) is 10.6 Å². The van der Waals surface area contributed by atoms with E-state index in [4.69, 9.17) is 10.00 Å². The second kappa shape index (κ2) is 8.67. The summed E-state index contributed by atoms with van der Waals surface area (Å²) in [4.78, 5) is 24.0. The summed E-state index contributed by atoms with van der Waals surface area (Å²) in [5, 5.41) is 14.7. The van der Waals surface area contributed by atoms with Crippen LogP contribution in [0.2, 0.25) is 0 Å². The average Bonchev–Trinajstić information content (AvgIpc) is 2.64. The fourth-order valence-electron chi connectivity index (χ4n) is 2.22. The summed E-state index contributed by atoms with van der Waals surface area (Å²) in [6, 6.07) is 14.1. The van der Waals surface area contributed by atoms with E-state index >= 15 is 0 Å². The largest absolute Gasteiger partial charge is 0.480 e. The fraction of sp³-hybridized carbons (Fsp3) is 0.250. The molecule has 26 heavy (non-hydrogen) atoms. The van der Waals surface area contributed by atoms with E-state index in [1.807, 2.05) is 19.1 Å². The van der Waals surface area contributed by atoms with Crippen molar-refractivity contribution in [3.05, 3.63) is 53.6 Å². The molecular formula is C20H21N3O3. The van der Waals surface area contributed by atoms with E-state index in [1.165, 1.54) is 0 Å². The van der Waals surface area contributed by atoms with Crippen LogP contribution in [0.25, 0.3) is 0 Å². The average molecular weight is 351 g/mol. The van der Waals surface area contributed by atoms with Crippen LogP contribution in [0.4, 0.5) is 11.4 Å². The van der Waals surface area contributed by atoms with Crippen molar-refractivity contribution >= 4 is 23.2 Å². The van der Waals surface area contributed by atoms with Gasteiger partial charge in [-0.15, -0.1) is 0 Å². The molecule has 0 aliphatic carbocycles. The quantitative estimate of drug-likeness (QED) is 0.831. The third-order valence-corrected chi connectivity index (χ3v) is 3.78. The van der Waals surface area contributed by atoms with Crippen molar-refractivity contribution in [2.24, 2.45) is 0 Å². The summed E-state index contributed by atoms with van der Waals surface area (Å²) in [6.07, 6.45) is -0.420. The molecule has 0 fully saturated rings. The SMILES string of the molecule is CCC(=O)Nc1ccc(C)c(NC(=O)C(C)Oc2ccccc2C#N)c1. The van der Waals surface area contributed by atoms with Gasteiger partial charge in [0.2, 0.25) is 5.91 Å². The standard InChI is InChI=1S/C20H21N3O3/c1-4-19(24)22-16-10-9-13(2)17(11-16)23-20(25)14(3)26-18-8-6-5-7-15(18)12-21/h5-11,14H,4H2,1-3H3,(H,22,24)(H,23,25). The first kappa shape index (κ1) is 19.0. The highest BCUT2D eigenvalue weighted by molar-refractivity contribution is 5.96.